The first-order valence-corrected chi connectivity index (χ1v) is 6.86. The Kier molecular flexibility index (Phi) is 5.62. The van der Waals surface area contributed by atoms with Gasteiger partial charge in [-0.15, -0.1) is 5.10 Å². The molecule has 2 rings (SSSR count). The van der Waals surface area contributed by atoms with Crippen LogP contribution in [0.2, 0.25) is 0 Å². The van der Waals surface area contributed by atoms with Gasteiger partial charge in [0.1, 0.15) is 12.4 Å². The zero-order chi connectivity index (χ0) is 15.1. The maximum atomic E-state index is 13.0. The lowest BCUT2D eigenvalue weighted by atomic mass is 10.3. The Labute approximate surface area is 121 Å². The van der Waals surface area contributed by atoms with Crippen molar-refractivity contribution in [3.05, 3.63) is 41.7 Å². The summed E-state index contributed by atoms with van der Waals surface area (Å²) in [5, 5.41) is 11.2. The van der Waals surface area contributed by atoms with Crippen LogP contribution in [0.3, 0.4) is 0 Å². The molecule has 21 heavy (non-hydrogen) atoms. The Balaban J connectivity index is 1.76. The van der Waals surface area contributed by atoms with Gasteiger partial charge < -0.3 is 10.1 Å². The van der Waals surface area contributed by atoms with Gasteiger partial charge in [-0.2, -0.15) is 0 Å². The number of hydrogen-bond donors (Lipinski definition) is 1. The second kappa shape index (κ2) is 7.68. The van der Waals surface area contributed by atoms with E-state index in [0.29, 0.717) is 25.4 Å². The summed E-state index contributed by atoms with van der Waals surface area (Å²) in [5.41, 5.74) is 0.858. The maximum absolute atomic E-state index is 13.0. The summed E-state index contributed by atoms with van der Waals surface area (Å²) in [5.74, 6) is -1.51. The second-order valence-corrected chi connectivity index (χ2v) is 4.57. The van der Waals surface area contributed by atoms with Crippen LogP contribution >= 0.6 is 0 Å². The van der Waals surface area contributed by atoms with E-state index in [1.165, 1.54) is 6.07 Å². The van der Waals surface area contributed by atoms with E-state index in [9.17, 15) is 8.78 Å². The molecule has 0 unspecified atom stereocenters. The van der Waals surface area contributed by atoms with Crippen LogP contribution in [0.15, 0.2) is 24.4 Å². The number of hydrogen-bond acceptors (Lipinski definition) is 4. The lowest BCUT2D eigenvalue weighted by Crippen LogP contribution is -2.14. The van der Waals surface area contributed by atoms with Crippen LogP contribution in [0.1, 0.15) is 19.0 Å². The minimum atomic E-state index is -0.919. The van der Waals surface area contributed by atoms with Crippen LogP contribution < -0.4 is 10.1 Å². The minimum absolute atomic E-state index is 0.291. The van der Waals surface area contributed by atoms with Gasteiger partial charge in [0.05, 0.1) is 12.2 Å². The molecule has 0 amide bonds. The van der Waals surface area contributed by atoms with Crippen molar-refractivity contribution in [1.29, 1.82) is 0 Å². The Morgan fingerprint density at radius 2 is 2.14 bits per heavy atom. The van der Waals surface area contributed by atoms with E-state index >= 15 is 0 Å². The lowest BCUT2D eigenvalue weighted by molar-refractivity contribution is 0.287. The number of ether oxygens (including phenoxy) is 1. The highest BCUT2D eigenvalue weighted by Gasteiger charge is 2.04. The first-order chi connectivity index (χ1) is 10.2. The van der Waals surface area contributed by atoms with Crippen LogP contribution in [0.4, 0.5) is 8.78 Å². The molecule has 114 valence electrons. The van der Waals surface area contributed by atoms with Crippen molar-refractivity contribution in [1.82, 2.24) is 20.3 Å². The standard InChI is InChI=1S/C14H18F2N4O/c1-2-5-17-9-11-10-20(19-18-11)6-7-21-12-3-4-13(15)14(16)8-12/h3-4,8,10,17H,2,5-7,9H2,1H3. The van der Waals surface area contributed by atoms with E-state index in [4.69, 9.17) is 4.74 Å². The van der Waals surface area contributed by atoms with Gasteiger partial charge in [0, 0.05) is 18.8 Å². The Hall–Kier alpha value is -2.02. The van der Waals surface area contributed by atoms with Gasteiger partial charge in [-0.05, 0) is 25.1 Å². The van der Waals surface area contributed by atoms with Gasteiger partial charge in [0.15, 0.2) is 11.6 Å². The summed E-state index contributed by atoms with van der Waals surface area (Å²) in [7, 11) is 0. The summed E-state index contributed by atoms with van der Waals surface area (Å²) in [6.45, 7) is 4.50. The highest BCUT2D eigenvalue weighted by molar-refractivity contribution is 5.23. The average molecular weight is 296 g/mol. The molecule has 0 atom stereocenters. The fourth-order valence-corrected chi connectivity index (χ4v) is 1.75. The molecule has 0 fully saturated rings. The number of aromatic nitrogens is 3. The smallest absolute Gasteiger partial charge is 0.162 e. The quantitative estimate of drug-likeness (QED) is 0.758. The van der Waals surface area contributed by atoms with Gasteiger partial charge in [-0.25, -0.2) is 13.5 Å². The summed E-state index contributed by atoms with van der Waals surface area (Å²) in [4.78, 5) is 0. The zero-order valence-electron chi connectivity index (χ0n) is 11.9. The summed E-state index contributed by atoms with van der Waals surface area (Å²) < 4.78 is 32.7. The molecule has 0 radical (unpaired) electrons. The zero-order valence-corrected chi connectivity index (χ0v) is 11.9. The topological polar surface area (TPSA) is 52.0 Å². The largest absolute Gasteiger partial charge is 0.492 e. The summed E-state index contributed by atoms with van der Waals surface area (Å²) in [6.07, 6.45) is 2.90. The molecular formula is C14H18F2N4O. The second-order valence-electron chi connectivity index (χ2n) is 4.57. The fraction of sp³-hybridized carbons (Fsp3) is 0.429. The molecule has 5 nitrogen and oxygen atoms in total. The molecule has 1 N–H and O–H groups in total. The number of benzene rings is 1. The Morgan fingerprint density at radius 1 is 1.29 bits per heavy atom. The van der Waals surface area contributed by atoms with E-state index in [1.54, 1.807) is 4.68 Å². The van der Waals surface area contributed by atoms with Crippen LogP contribution in [-0.4, -0.2) is 28.1 Å². The number of rotatable bonds is 8. The maximum Gasteiger partial charge on any atom is 0.162 e. The number of halogens is 2. The van der Waals surface area contributed by atoms with Crippen molar-refractivity contribution in [3.8, 4) is 5.75 Å². The van der Waals surface area contributed by atoms with Crippen molar-refractivity contribution in [2.45, 2.75) is 26.4 Å². The van der Waals surface area contributed by atoms with E-state index in [1.807, 2.05) is 6.20 Å². The first-order valence-electron chi connectivity index (χ1n) is 6.86. The average Bonchev–Trinajstić information content (AvgIpc) is 2.91. The van der Waals surface area contributed by atoms with E-state index < -0.39 is 11.6 Å². The lowest BCUT2D eigenvalue weighted by Gasteiger charge is -2.06. The molecule has 0 bridgehead atoms. The van der Waals surface area contributed by atoms with Gasteiger partial charge in [0.2, 0.25) is 0 Å². The molecule has 0 aliphatic rings. The molecular weight excluding hydrogens is 278 g/mol. The van der Waals surface area contributed by atoms with E-state index in [0.717, 1.165) is 30.8 Å². The van der Waals surface area contributed by atoms with Crippen LogP contribution in [0.25, 0.3) is 0 Å². The molecule has 0 aliphatic carbocycles. The van der Waals surface area contributed by atoms with Crippen molar-refractivity contribution >= 4 is 0 Å². The molecule has 1 heterocycles. The molecule has 2 aromatic rings. The molecule has 7 heteroatoms. The van der Waals surface area contributed by atoms with Gasteiger partial charge in [-0.1, -0.05) is 12.1 Å². The Morgan fingerprint density at radius 3 is 2.90 bits per heavy atom. The minimum Gasteiger partial charge on any atom is -0.492 e. The molecule has 0 saturated carbocycles. The molecule has 0 saturated heterocycles. The van der Waals surface area contributed by atoms with Crippen molar-refractivity contribution in [2.75, 3.05) is 13.2 Å². The first kappa shape index (κ1) is 15.4. The molecule has 0 aliphatic heterocycles. The molecule has 0 spiro atoms. The SMILES string of the molecule is CCCNCc1cn(CCOc2ccc(F)c(F)c2)nn1. The highest BCUT2D eigenvalue weighted by atomic mass is 19.2. The van der Waals surface area contributed by atoms with Gasteiger partial charge in [-0.3, -0.25) is 0 Å². The Bertz CT molecular complexity index is 574. The van der Waals surface area contributed by atoms with Crippen LogP contribution in [-0.2, 0) is 13.1 Å². The third kappa shape index (κ3) is 4.78. The monoisotopic (exact) mass is 296 g/mol. The predicted octanol–water partition coefficient (Wildman–Crippen LogP) is 2.13. The predicted molar refractivity (Wildman–Crippen MR) is 73.9 cm³/mol. The fourth-order valence-electron chi connectivity index (χ4n) is 1.75. The number of nitrogens with one attached hydrogen (secondary N) is 1. The van der Waals surface area contributed by atoms with E-state index in [-0.39, 0.29) is 0 Å². The van der Waals surface area contributed by atoms with E-state index in [2.05, 4.69) is 22.6 Å². The summed E-state index contributed by atoms with van der Waals surface area (Å²) in [6, 6.07) is 3.45. The molecule has 1 aromatic carbocycles. The van der Waals surface area contributed by atoms with Crippen LogP contribution in [0, 0.1) is 11.6 Å². The summed E-state index contributed by atoms with van der Waals surface area (Å²) >= 11 is 0. The van der Waals surface area contributed by atoms with Crippen molar-refractivity contribution < 1.29 is 13.5 Å². The van der Waals surface area contributed by atoms with Crippen LogP contribution in [0.5, 0.6) is 5.75 Å². The third-order valence-corrected chi connectivity index (χ3v) is 2.80. The third-order valence-electron chi connectivity index (χ3n) is 2.80. The normalized spacial score (nSPS) is 10.8. The van der Waals surface area contributed by atoms with Crippen molar-refractivity contribution in [3.63, 3.8) is 0 Å². The van der Waals surface area contributed by atoms with Crippen molar-refractivity contribution in [2.24, 2.45) is 0 Å². The van der Waals surface area contributed by atoms with Gasteiger partial charge in [0.25, 0.3) is 0 Å². The highest BCUT2D eigenvalue weighted by Crippen LogP contribution is 2.15. The molecule has 1 aromatic heterocycles. The number of nitrogens with zero attached hydrogens (tertiary/aromatic N) is 3. The van der Waals surface area contributed by atoms with Gasteiger partial charge >= 0.3 is 0 Å².